The fourth-order valence-corrected chi connectivity index (χ4v) is 8.93. The molecule has 51 heavy (non-hydrogen) atoms. The van der Waals surface area contributed by atoms with Gasteiger partial charge in [-0.05, 0) is 126 Å². The highest BCUT2D eigenvalue weighted by molar-refractivity contribution is 6.15. The van der Waals surface area contributed by atoms with E-state index in [1.54, 1.807) is 0 Å². The van der Waals surface area contributed by atoms with Gasteiger partial charge in [0.2, 0.25) is 0 Å². The van der Waals surface area contributed by atoms with Crippen molar-refractivity contribution in [1.82, 2.24) is 0 Å². The van der Waals surface area contributed by atoms with Gasteiger partial charge in [0.15, 0.2) is 0 Å². The molecule has 1 heteroatoms. The minimum Gasteiger partial charge on any atom is -0.314 e. The average Bonchev–Trinajstić information content (AvgIpc) is 3.30. The molecule has 11 rings (SSSR count). The van der Waals surface area contributed by atoms with Crippen LogP contribution in [0.1, 0.15) is 18.4 Å². The van der Waals surface area contributed by atoms with Gasteiger partial charge < -0.3 is 4.90 Å². The topological polar surface area (TPSA) is 3.24 Å². The second kappa shape index (κ2) is 11.0. The van der Waals surface area contributed by atoms with Gasteiger partial charge in [0, 0.05) is 16.8 Å². The Bertz CT molecular complexity index is 2790. The van der Waals surface area contributed by atoms with E-state index in [1.165, 1.54) is 105 Å². The van der Waals surface area contributed by atoms with Gasteiger partial charge in [-0.15, -0.1) is 0 Å². The van der Waals surface area contributed by atoms with E-state index in [0.717, 1.165) is 12.8 Å². The van der Waals surface area contributed by atoms with Crippen LogP contribution in [0.15, 0.2) is 182 Å². The molecule has 0 atom stereocenters. The van der Waals surface area contributed by atoms with Crippen molar-refractivity contribution in [2.24, 2.45) is 0 Å². The van der Waals surface area contributed by atoms with Crippen LogP contribution in [-0.4, -0.2) is 0 Å². The highest BCUT2D eigenvalue weighted by Crippen LogP contribution is 2.57. The van der Waals surface area contributed by atoms with Crippen LogP contribution in [0.25, 0.3) is 82.8 Å². The zero-order chi connectivity index (χ0) is 33.5. The summed E-state index contributed by atoms with van der Waals surface area (Å²) in [7, 11) is 0. The van der Waals surface area contributed by atoms with Gasteiger partial charge in [-0.3, -0.25) is 0 Å². The molecular formula is C50H33N. The molecule has 0 spiro atoms. The van der Waals surface area contributed by atoms with Crippen LogP contribution in [0.4, 0.5) is 11.4 Å². The normalized spacial score (nSPS) is 13.6. The van der Waals surface area contributed by atoms with Crippen molar-refractivity contribution in [2.45, 2.75) is 12.8 Å². The van der Waals surface area contributed by atoms with Crippen molar-refractivity contribution >= 4 is 38.5 Å². The minimum absolute atomic E-state index is 0.956. The third kappa shape index (κ3) is 4.28. The number of hydrogen-bond acceptors (Lipinski definition) is 1. The Morgan fingerprint density at radius 2 is 1.02 bits per heavy atom. The second-order valence-corrected chi connectivity index (χ2v) is 14.0. The van der Waals surface area contributed by atoms with Crippen molar-refractivity contribution in [1.29, 1.82) is 0 Å². The highest BCUT2D eigenvalue weighted by Gasteiger charge is 2.31. The summed E-state index contributed by atoms with van der Waals surface area (Å²) < 4.78 is 0. The summed E-state index contributed by atoms with van der Waals surface area (Å²) in [5, 5.41) is 5.04. The molecule has 1 nitrogen and oxygen atoms in total. The standard InChI is InChI=1S/C50H33N/c1-2-13-34-29-36(26-25-32(34)11-1)35-15-7-16-37(30-35)51(48-24-8-14-33-12-3-4-17-39(33)48)38-27-28-41-44-21-10-22-45-46-23-9-20-43(50(46)47(41)31-38)40-18-5-6-19-42(40)49(44)45/h1-6,8-15,17-31H,7,16H2. The lowest BCUT2D eigenvalue weighted by molar-refractivity contribution is 0.923. The molecule has 8 aromatic rings. The highest BCUT2D eigenvalue weighted by atomic mass is 15.1. The molecule has 0 N–H and O–H groups in total. The molecule has 238 valence electrons. The molecule has 0 radical (unpaired) electrons. The number of allylic oxidation sites excluding steroid dienone is 4. The van der Waals surface area contributed by atoms with E-state index in [4.69, 9.17) is 0 Å². The molecule has 3 aliphatic rings. The number of anilines is 2. The summed E-state index contributed by atoms with van der Waals surface area (Å²) in [4.78, 5) is 2.54. The number of rotatable bonds is 4. The monoisotopic (exact) mass is 647 g/mol. The first-order valence-electron chi connectivity index (χ1n) is 18.0. The number of hydrogen-bond donors (Lipinski definition) is 0. The van der Waals surface area contributed by atoms with Crippen LogP contribution < -0.4 is 4.90 Å². The molecule has 8 aromatic carbocycles. The Morgan fingerprint density at radius 1 is 0.412 bits per heavy atom. The van der Waals surface area contributed by atoms with E-state index < -0.39 is 0 Å². The first-order chi connectivity index (χ1) is 25.3. The van der Waals surface area contributed by atoms with Gasteiger partial charge in [0.25, 0.3) is 0 Å². The Balaban J connectivity index is 1.15. The summed E-state index contributed by atoms with van der Waals surface area (Å²) in [6.45, 7) is 0. The SMILES string of the molecule is C1=C(c2ccc3ccccc3c2)C=C(N(c2ccc3c(c2)-c2c4cccc2-c2cccc-3c2-c2ccccc2-4)c2cccc3ccccc23)CC1. The zero-order valence-electron chi connectivity index (χ0n) is 28.1. The minimum atomic E-state index is 0.956. The molecule has 0 heterocycles. The van der Waals surface area contributed by atoms with Crippen LogP contribution in [0, 0.1) is 0 Å². The Kier molecular flexibility index (Phi) is 6.15. The van der Waals surface area contributed by atoms with E-state index in [-0.39, 0.29) is 0 Å². The predicted molar refractivity (Wildman–Crippen MR) is 216 cm³/mol. The van der Waals surface area contributed by atoms with E-state index >= 15 is 0 Å². The zero-order valence-corrected chi connectivity index (χ0v) is 28.1. The average molecular weight is 648 g/mol. The summed E-state index contributed by atoms with van der Waals surface area (Å²) >= 11 is 0. The van der Waals surface area contributed by atoms with Crippen LogP contribution in [0.3, 0.4) is 0 Å². The molecule has 0 unspecified atom stereocenters. The Hall–Kier alpha value is -6.44. The van der Waals surface area contributed by atoms with Crippen molar-refractivity contribution in [2.75, 3.05) is 4.90 Å². The van der Waals surface area contributed by atoms with E-state index in [0.29, 0.717) is 0 Å². The molecule has 0 aliphatic heterocycles. The first kappa shape index (κ1) is 28.4. The van der Waals surface area contributed by atoms with E-state index in [1.807, 2.05) is 0 Å². The summed E-state index contributed by atoms with van der Waals surface area (Å²) in [5.41, 5.74) is 19.4. The van der Waals surface area contributed by atoms with E-state index in [2.05, 4.69) is 181 Å². The molecule has 3 aliphatic carbocycles. The summed E-state index contributed by atoms with van der Waals surface area (Å²) in [6, 6.07) is 60.9. The number of fused-ring (bicyclic) bond motifs is 6. The van der Waals surface area contributed by atoms with Gasteiger partial charge in [-0.25, -0.2) is 0 Å². The lowest BCUT2D eigenvalue weighted by atomic mass is 9.83. The molecule has 0 aromatic heterocycles. The molecule has 0 fully saturated rings. The lowest BCUT2D eigenvalue weighted by Gasteiger charge is -2.32. The summed E-state index contributed by atoms with van der Waals surface area (Å²) in [5.74, 6) is 0. The van der Waals surface area contributed by atoms with Gasteiger partial charge in [-0.2, -0.15) is 0 Å². The second-order valence-electron chi connectivity index (χ2n) is 14.0. The third-order valence-electron chi connectivity index (χ3n) is 11.2. The smallest absolute Gasteiger partial charge is 0.0536 e. The van der Waals surface area contributed by atoms with Gasteiger partial charge in [0.1, 0.15) is 0 Å². The van der Waals surface area contributed by atoms with Crippen LogP contribution >= 0.6 is 0 Å². The van der Waals surface area contributed by atoms with Crippen LogP contribution in [0.2, 0.25) is 0 Å². The van der Waals surface area contributed by atoms with Crippen molar-refractivity contribution in [3.63, 3.8) is 0 Å². The molecule has 0 amide bonds. The number of benzene rings is 8. The Morgan fingerprint density at radius 3 is 1.84 bits per heavy atom. The van der Waals surface area contributed by atoms with Gasteiger partial charge >= 0.3 is 0 Å². The maximum absolute atomic E-state index is 2.54. The van der Waals surface area contributed by atoms with Crippen LogP contribution in [-0.2, 0) is 0 Å². The predicted octanol–water partition coefficient (Wildman–Crippen LogP) is 13.9. The maximum atomic E-state index is 2.54. The van der Waals surface area contributed by atoms with Crippen molar-refractivity contribution in [3.8, 4) is 55.6 Å². The van der Waals surface area contributed by atoms with Crippen molar-refractivity contribution < 1.29 is 0 Å². The third-order valence-corrected chi connectivity index (χ3v) is 11.2. The Labute approximate surface area is 298 Å². The van der Waals surface area contributed by atoms with Gasteiger partial charge in [-0.1, -0.05) is 146 Å². The maximum Gasteiger partial charge on any atom is 0.0536 e. The molecule has 6 bridgehead atoms. The lowest BCUT2D eigenvalue weighted by Crippen LogP contribution is -2.18. The molecular weight excluding hydrogens is 615 g/mol. The molecule has 0 saturated heterocycles. The van der Waals surface area contributed by atoms with Crippen LogP contribution in [0.5, 0.6) is 0 Å². The number of nitrogens with zero attached hydrogens (tertiary/aromatic N) is 1. The fourth-order valence-electron chi connectivity index (χ4n) is 8.93. The van der Waals surface area contributed by atoms with E-state index in [9.17, 15) is 0 Å². The summed E-state index contributed by atoms with van der Waals surface area (Å²) in [6.07, 6.45) is 6.78. The molecule has 0 saturated carbocycles. The fraction of sp³-hybridized carbons (Fsp3) is 0.0400. The quantitative estimate of drug-likeness (QED) is 0.184. The van der Waals surface area contributed by atoms with Crippen molar-refractivity contribution in [3.05, 3.63) is 187 Å². The first-order valence-corrected chi connectivity index (χ1v) is 18.0. The van der Waals surface area contributed by atoms with Gasteiger partial charge in [0.05, 0.1) is 5.69 Å². The largest absolute Gasteiger partial charge is 0.314 e.